The molecule has 2 aliphatic heterocycles. The molecule has 0 fully saturated rings. The molecular weight excluding hydrogens is 448 g/mol. The summed E-state index contributed by atoms with van der Waals surface area (Å²) in [5.41, 5.74) is 7.86. The Morgan fingerprint density at radius 3 is 1.21 bits per heavy atom. The Morgan fingerprint density at radius 2 is 0.912 bits per heavy atom. The first-order chi connectivity index (χ1) is 16.4. The van der Waals surface area contributed by atoms with E-state index in [1.165, 1.54) is 12.1 Å². The van der Waals surface area contributed by atoms with Crippen molar-refractivity contribution in [3.05, 3.63) is 102 Å². The summed E-state index contributed by atoms with van der Waals surface area (Å²) in [5, 5.41) is 0. The van der Waals surface area contributed by atoms with Gasteiger partial charge < -0.3 is 9.97 Å². The first kappa shape index (κ1) is 21.6. The molecule has 2 aliphatic rings. The molecular formula is C26H20N4O3S. The minimum Gasteiger partial charge on any atom is -0.355 e. The van der Waals surface area contributed by atoms with Crippen LogP contribution in [-0.4, -0.2) is 32.9 Å². The number of hydrogen-bond acceptors (Lipinski definition) is 4. The molecule has 3 N–H and O–H groups in total. The Labute approximate surface area is 195 Å². The summed E-state index contributed by atoms with van der Waals surface area (Å²) in [4.78, 5) is 15.9. The van der Waals surface area contributed by atoms with Gasteiger partial charge in [-0.3, -0.25) is 4.55 Å². The highest BCUT2D eigenvalue weighted by Crippen LogP contribution is 2.17. The second-order valence-corrected chi connectivity index (χ2v) is 9.11. The second kappa shape index (κ2) is 8.93. The SMILES string of the molecule is C1=Cc2cc3ccc(cc4nc(cc5ccc(cc1n2)[nH]5)C=C4)[nH]3.O=S(=O)(O)c1ccccc1. The van der Waals surface area contributed by atoms with Gasteiger partial charge >= 0.3 is 0 Å². The van der Waals surface area contributed by atoms with E-state index in [-0.39, 0.29) is 4.90 Å². The van der Waals surface area contributed by atoms with Crippen molar-refractivity contribution in [1.29, 1.82) is 0 Å². The molecule has 3 aromatic heterocycles. The number of nitrogens with one attached hydrogen (secondary N) is 2. The molecule has 5 heterocycles. The Balaban J connectivity index is 0.000000204. The maximum Gasteiger partial charge on any atom is 0.294 e. The van der Waals surface area contributed by atoms with Crippen LogP contribution >= 0.6 is 0 Å². The van der Waals surface area contributed by atoms with Crippen LogP contribution in [0.15, 0.2) is 83.8 Å². The minimum absolute atomic E-state index is 0.0741. The lowest BCUT2D eigenvalue weighted by Crippen LogP contribution is -1.96. The van der Waals surface area contributed by atoms with Gasteiger partial charge in [-0.1, -0.05) is 18.2 Å². The van der Waals surface area contributed by atoms with E-state index in [0.717, 1.165) is 44.8 Å². The van der Waals surface area contributed by atoms with Gasteiger partial charge in [0.2, 0.25) is 0 Å². The fourth-order valence-corrected chi connectivity index (χ4v) is 4.04. The van der Waals surface area contributed by atoms with E-state index in [4.69, 9.17) is 4.55 Å². The summed E-state index contributed by atoms with van der Waals surface area (Å²) in [6, 6.07) is 23.8. The molecule has 0 saturated heterocycles. The van der Waals surface area contributed by atoms with Gasteiger partial charge in [0.1, 0.15) is 0 Å². The van der Waals surface area contributed by atoms with Crippen LogP contribution in [0.4, 0.5) is 0 Å². The predicted molar refractivity (Wildman–Crippen MR) is 135 cm³/mol. The van der Waals surface area contributed by atoms with Gasteiger partial charge in [0.05, 0.1) is 27.7 Å². The van der Waals surface area contributed by atoms with Gasteiger partial charge in [0.25, 0.3) is 10.1 Å². The number of nitrogens with zero attached hydrogens (tertiary/aromatic N) is 2. The lowest BCUT2D eigenvalue weighted by Gasteiger charge is -1.92. The lowest BCUT2D eigenvalue weighted by atomic mass is 10.3. The van der Waals surface area contributed by atoms with E-state index in [1.54, 1.807) is 18.2 Å². The first-order valence-corrected chi connectivity index (χ1v) is 11.9. The summed E-state index contributed by atoms with van der Waals surface area (Å²) < 4.78 is 29.2. The molecule has 0 saturated carbocycles. The van der Waals surface area contributed by atoms with Gasteiger partial charge in [-0.15, -0.1) is 0 Å². The lowest BCUT2D eigenvalue weighted by molar-refractivity contribution is 0.483. The Morgan fingerprint density at radius 1 is 0.559 bits per heavy atom. The largest absolute Gasteiger partial charge is 0.355 e. The van der Waals surface area contributed by atoms with Crippen LogP contribution in [0.5, 0.6) is 0 Å². The van der Waals surface area contributed by atoms with Crippen molar-refractivity contribution in [2.75, 3.05) is 0 Å². The molecule has 6 rings (SSSR count). The highest BCUT2D eigenvalue weighted by Gasteiger charge is 2.06. The number of rotatable bonds is 1. The smallest absolute Gasteiger partial charge is 0.294 e. The Bertz CT molecular complexity index is 1510. The summed E-state index contributed by atoms with van der Waals surface area (Å²) in [5.74, 6) is 0. The monoisotopic (exact) mass is 468 g/mol. The van der Waals surface area contributed by atoms with E-state index < -0.39 is 10.1 Å². The maximum atomic E-state index is 10.4. The van der Waals surface area contributed by atoms with Crippen molar-refractivity contribution in [2.45, 2.75) is 4.90 Å². The van der Waals surface area contributed by atoms with E-state index in [2.05, 4.69) is 44.2 Å². The third kappa shape index (κ3) is 5.20. The molecule has 0 unspecified atom stereocenters. The molecule has 0 radical (unpaired) electrons. The molecule has 168 valence electrons. The first-order valence-electron chi connectivity index (χ1n) is 10.5. The normalized spacial score (nSPS) is 12.3. The molecule has 4 aromatic rings. The number of fused-ring (bicyclic) bond motifs is 8. The highest BCUT2D eigenvalue weighted by molar-refractivity contribution is 7.85. The average Bonchev–Trinajstić information content (AvgIpc) is 3.60. The molecule has 8 bridgehead atoms. The Kier molecular flexibility index (Phi) is 5.67. The van der Waals surface area contributed by atoms with Gasteiger partial charge in [-0.05, 0) is 85.0 Å². The van der Waals surface area contributed by atoms with Crippen molar-refractivity contribution >= 4 is 56.5 Å². The van der Waals surface area contributed by atoms with E-state index in [0.29, 0.717) is 0 Å². The van der Waals surface area contributed by atoms with Gasteiger partial charge in [0.15, 0.2) is 0 Å². The van der Waals surface area contributed by atoms with Crippen molar-refractivity contribution in [2.24, 2.45) is 0 Å². The summed E-state index contributed by atoms with van der Waals surface area (Å²) >= 11 is 0. The van der Waals surface area contributed by atoms with Crippen LogP contribution in [0.1, 0.15) is 22.8 Å². The molecule has 8 heteroatoms. The Hall–Kier alpha value is -4.27. The third-order valence-corrected chi connectivity index (χ3v) is 5.95. The van der Waals surface area contributed by atoms with Gasteiger partial charge in [-0.2, -0.15) is 8.42 Å². The molecule has 1 aromatic carbocycles. The molecule has 0 spiro atoms. The van der Waals surface area contributed by atoms with E-state index >= 15 is 0 Å². The second-order valence-electron chi connectivity index (χ2n) is 7.69. The van der Waals surface area contributed by atoms with E-state index in [1.807, 2.05) is 48.6 Å². The number of aromatic nitrogens is 4. The van der Waals surface area contributed by atoms with E-state index in [9.17, 15) is 8.42 Å². The highest BCUT2D eigenvalue weighted by atomic mass is 32.2. The molecule has 7 nitrogen and oxygen atoms in total. The van der Waals surface area contributed by atoms with Gasteiger partial charge in [0, 0.05) is 22.1 Å². The number of aromatic amines is 2. The summed E-state index contributed by atoms with van der Waals surface area (Å²) in [6.45, 7) is 0. The predicted octanol–water partition coefficient (Wildman–Crippen LogP) is 5.59. The quantitative estimate of drug-likeness (QED) is 0.272. The number of benzene rings is 1. The third-order valence-electron chi connectivity index (χ3n) is 5.08. The zero-order valence-electron chi connectivity index (χ0n) is 17.9. The summed E-state index contributed by atoms with van der Waals surface area (Å²) in [7, 11) is -4.00. The van der Waals surface area contributed by atoms with Crippen molar-refractivity contribution < 1.29 is 13.0 Å². The van der Waals surface area contributed by atoms with Gasteiger partial charge in [-0.25, -0.2) is 9.97 Å². The van der Waals surface area contributed by atoms with Crippen LogP contribution in [0.2, 0.25) is 0 Å². The molecule has 0 atom stereocenters. The van der Waals surface area contributed by atoms with Crippen LogP contribution in [0.25, 0.3) is 46.4 Å². The average molecular weight is 469 g/mol. The fraction of sp³-hybridized carbons (Fsp3) is 0. The minimum atomic E-state index is -4.00. The van der Waals surface area contributed by atoms with Crippen LogP contribution in [0.3, 0.4) is 0 Å². The summed E-state index contributed by atoms with van der Waals surface area (Å²) in [6.07, 6.45) is 8.09. The van der Waals surface area contributed by atoms with Crippen LogP contribution in [0, 0.1) is 0 Å². The van der Waals surface area contributed by atoms with Crippen molar-refractivity contribution in [1.82, 2.24) is 19.9 Å². The number of hydrogen-bond donors (Lipinski definition) is 3. The van der Waals surface area contributed by atoms with Crippen LogP contribution in [-0.2, 0) is 10.1 Å². The fourth-order valence-electron chi connectivity index (χ4n) is 3.54. The van der Waals surface area contributed by atoms with Crippen molar-refractivity contribution in [3.8, 4) is 0 Å². The maximum absolute atomic E-state index is 10.4. The zero-order chi connectivity index (χ0) is 23.5. The zero-order valence-corrected chi connectivity index (χ0v) is 18.7. The standard InChI is InChI=1S/C20H14N4.C6H6O3S/c1-2-14-10-16-5-6-18(23-16)12-20-8-7-19(24-20)11-17-4-3-15(22-17)9-13(1)21-14;7-10(8,9)6-4-2-1-3-5-6/h1-12,21,24H;1-5H,(H,7,8,9). The van der Waals surface area contributed by atoms with Crippen molar-refractivity contribution in [3.63, 3.8) is 0 Å². The van der Waals surface area contributed by atoms with Crippen LogP contribution < -0.4 is 0 Å². The molecule has 0 amide bonds. The molecule has 34 heavy (non-hydrogen) atoms. The topological polar surface area (TPSA) is 112 Å². The number of H-pyrrole nitrogens is 2. The molecule has 0 aliphatic carbocycles.